The molecule has 32 heavy (non-hydrogen) atoms. The van der Waals surface area contributed by atoms with Crippen LogP contribution in [0.3, 0.4) is 0 Å². The highest BCUT2D eigenvalue weighted by Gasteiger charge is 2.40. The Morgan fingerprint density at radius 1 is 1.31 bits per heavy atom. The van der Waals surface area contributed by atoms with E-state index in [0.717, 1.165) is 0 Å². The maximum atomic E-state index is 12.8. The fourth-order valence-electron chi connectivity index (χ4n) is 3.78. The summed E-state index contributed by atoms with van der Waals surface area (Å²) in [6.45, 7) is 2.19. The molecule has 0 spiro atoms. The first kappa shape index (κ1) is 23.8. The number of hydrogen-bond acceptors (Lipinski definition) is 7. The molecular formula is C21H26ClN3O7. The molecule has 3 atom stereocenters. The molecule has 1 aromatic rings. The first-order valence-electron chi connectivity index (χ1n) is 10.4. The Hall–Kier alpha value is -2.85. The van der Waals surface area contributed by atoms with Gasteiger partial charge in [-0.15, -0.1) is 0 Å². The van der Waals surface area contributed by atoms with Crippen LogP contribution in [-0.4, -0.2) is 73.8 Å². The monoisotopic (exact) mass is 467 g/mol. The van der Waals surface area contributed by atoms with Gasteiger partial charge in [0, 0.05) is 13.2 Å². The number of ether oxygens (including phenoxy) is 3. The Morgan fingerprint density at radius 2 is 2.09 bits per heavy atom. The summed E-state index contributed by atoms with van der Waals surface area (Å²) in [4.78, 5) is 51.0. The second-order valence-corrected chi connectivity index (χ2v) is 7.76. The van der Waals surface area contributed by atoms with Crippen LogP contribution in [0.5, 0.6) is 5.75 Å². The van der Waals surface area contributed by atoms with Crippen LogP contribution >= 0.6 is 11.6 Å². The minimum absolute atomic E-state index is 0.00836. The molecule has 3 rings (SSSR count). The first-order chi connectivity index (χ1) is 15.3. The molecule has 10 nitrogen and oxygen atoms in total. The fourth-order valence-corrected chi connectivity index (χ4v) is 4.07. The molecule has 3 amide bonds. The molecule has 2 saturated heterocycles. The number of halogens is 1. The predicted molar refractivity (Wildman–Crippen MR) is 113 cm³/mol. The zero-order chi connectivity index (χ0) is 23.3. The van der Waals surface area contributed by atoms with Crippen LogP contribution < -0.4 is 15.4 Å². The van der Waals surface area contributed by atoms with E-state index in [1.165, 1.54) is 18.1 Å². The SMILES string of the molecule is CCO[C@@H]1OC(=O)C[C@@H]1NC(=O)[C@@H]1CCCN1C(=O)CNC(=O)c1cccc(OC)c1Cl. The molecule has 2 N–H and O–H groups in total. The van der Waals surface area contributed by atoms with Gasteiger partial charge in [0.15, 0.2) is 0 Å². The number of nitrogens with one attached hydrogen (secondary N) is 2. The van der Waals surface area contributed by atoms with E-state index in [1.54, 1.807) is 19.1 Å². The highest BCUT2D eigenvalue weighted by molar-refractivity contribution is 6.35. The summed E-state index contributed by atoms with van der Waals surface area (Å²) in [6.07, 6.45) is 0.297. The van der Waals surface area contributed by atoms with E-state index in [0.29, 0.717) is 31.7 Å². The molecule has 2 aliphatic heterocycles. The largest absolute Gasteiger partial charge is 0.495 e. The van der Waals surface area contributed by atoms with E-state index in [9.17, 15) is 19.2 Å². The number of rotatable bonds is 8. The molecule has 11 heteroatoms. The van der Waals surface area contributed by atoms with Crippen LogP contribution in [0.1, 0.15) is 36.5 Å². The van der Waals surface area contributed by atoms with Crippen molar-refractivity contribution in [3.05, 3.63) is 28.8 Å². The summed E-state index contributed by atoms with van der Waals surface area (Å²) >= 11 is 6.16. The van der Waals surface area contributed by atoms with Gasteiger partial charge in [0.25, 0.3) is 5.91 Å². The molecule has 1 aromatic carbocycles. The van der Waals surface area contributed by atoms with Crippen molar-refractivity contribution >= 4 is 35.3 Å². The average Bonchev–Trinajstić information content (AvgIpc) is 3.39. The molecule has 2 aliphatic rings. The number of benzene rings is 1. The third-order valence-corrected chi connectivity index (χ3v) is 5.71. The number of nitrogens with zero attached hydrogens (tertiary/aromatic N) is 1. The molecule has 0 aromatic heterocycles. The predicted octanol–water partition coefficient (Wildman–Crippen LogP) is 0.864. The van der Waals surface area contributed by atoms with Crippen molar-refractivity contribution in [3.63, 3.8) is 0 Å². The zero-order valence-corrected chi connectivity index (χ0v) is 18.6. The highest BCUT2D eigenvalue weighted by atomic mass is 35.5. The molecular weight excluding hydrogens is 442 g/mol. The fraction of sp³-hybridized carbons (Fsp3) is 0.524. The summed E-state index contributed by atoms with van der Waals surface area (Å²) in [5.41, 5.74) is 0.183. The Morgan fingerprint density at radius 3 is 2.81 bits per heavy atom. The van der Waals surface area contributed by atoms with E-state index in [-0.39, 0.29) is 29.5 Å². The molecule has 0 radical (unpaired) electrons. The summed E-state index contributed by atoms with van der Waals surface area (Å²) in [6, 6.07) is 3.46. The lowest BCUT2D eigenvalue weighted by Gasteiger charge is -2.26. The van der Waals surface area contributed by atoms with Crippen molar-refractivity contribution in [2.45, 2.75) is 44.6 Å². The molecule has 2 fully saturated rings. The average molecular weight is 468 g/mol. The maximum Gasteiger partial charge on any atom is 0.310 e. The third kappa shape index (κ3) is 5.31. The number of carbonyl (C=O) groups excluding carboxylic acids is 4. The number of carbonyl (C=O) groups is 4. The molecule has 0 unspecified atom stereocenters. The topological polar surface area (TPSA) is 123 Å². The van der Waals surface area contributed by atoms with Gasteiger partial charge in [-0.25, -0.2) is 0 Å². The highest BCUT2D eigenvalue weighted by Crippen LogP contribution is 2.27. The summed E-state index contributed by atoms with van der Waals surface area (Å²) in [7, 11) is 1.44. The molecule has 0 aliphatic carbocycles. The van der Waals surface area contributed by atoms with Crippen molar-refractivity contribution < 1.29 is 33.4 Å². The van der Waals surface area contributed by atoms with Crippen LogP contribution in [-0.2, 0) is 23.9 Å². The van der Waals surface area contributed by atoms with E-state index >= 15 is 0 Å². The Labute approximate surface area is 190 Å². The second-order valence-electron chi connectivity index (χ2n) is 7.38. The minimum atomic E-state index is -0.839. The zero-order valence-electron chi connectivity index (χ0n) is 17.9. The number of amides is 3. The van der Waals surface area contributed by atoms with Crippen LogP contribution in [0.4, 0.5) is 0 Å². The van der Waals surface area contributed by atoms with Crippen LogP contribution in [0.2, 0.25) is 5.02 Å². The van der Waals surface area contributed by atoms with Gasteiger partial charge in [-0.2, -0.15) is 0 Å². The molecule has 0 bridgehead atoms. The van der Waals surface area contributed by atoms with Crippen molar-refractivity contribution in [2.75, 3.05) is 26.8 Å². The van der Waals surface area contributed by atoms with Crippen LogP contribution in [0.15, 0.2) is 18.2 Å². The molecule has 0 saturated carbocycles. The van der Waals surface area contributed by atoms with Gasteiger partial charge in [-0.3, -0.25) is 19.2 Å². The number of likely N-dealkylation sites (tertiary alicyclic amines) is 1. The van der Waals surface area contributed by atoms with Gasteiger partial charge in [-0.05, 0) is 31.9 Å². The molecule has 174 valence electrons. The van der Waals surface area contributed by atoms with Crippen LogP contribution in [0, 0.1) is 0 Å². The number of hydrogen-bond donors (Lipinski definition) is 2. The first-order valence-corrected chi connectivity index (χ1v) is 10.7. The maximum absolute atomic E-state index is 12.8. The van der Waals surface area contributed by atoms with Crippen LogP contribution in [0.25, 0.3) is 0 Å². The van der Waals surface area contributed by atoms with E-state index in [4.69, 9.17) is 25.8 Å². The van der Waals surface area contributed by atoms with Crippen molar-refractivity contribution in [1.29, 1.82) is 0 Å². The van der Waals surface area contributed by atoms with Crippen molar-refractivity contribution in [2.24, 2.45) is 0 Å². The van der Waals surface area contributed by atoms with E-state index in [2.05, 4.69) is 10.6 Å². The van der Waals surface area contributed by atoms with Gasteiger partial charge < -0.3 is 29.7 Å². The number of methoxy groups -OCH3 is 1. The second kappa shape index (κ2) is 10.6. The number of cyclic esters (lactones) is 1. The lowest BCUT2D eigenvalue weighted by Crippen LogP contribution is -2.52. The van der Waals surface area contributed by atoms with Gasteiger partial charge in [0.2, 0.25) is 18.1 Å². The lowest BCUT2D eigenvalue weighted by atomic mass is 10.1. The Bertz CT molecular complexity index is 894. The van der Waals surface area contributed by atoms with Gasteiger partial charge >= 0.3 is 5.97 Å². The van der Waals surface area contributed by atoms with E-state index in [1.807, 2.05) is 0 Å². The Balaban J connectivity index is 1.57. The lowest BCUT2D eigenvalue weighted by molar-refractivity contribution is -0.164. The van der Waals surface area contributed by atoms with Gasteiger partial charge in [0.05, 0.1) is 30.7 Å². The van der Waals surface area contributed by atoms with Crippen molar-refractivity contribution in [3.8, 4) is 5.75 Å². The summed E-state index contributed by atoms with van der Waals surface area (Å²) < 4.78 is 15.5. The smallest absolute Gasteiger partial charge is 0.310 e. The summed E-state index contributed by atoms with van der Waals surface area (Å²) in [5.74, 6) is -1.40. The minimum Gasteiger partial charge on any atom is -0.495 e. The molecule has 2 heterocycles. The standard InChI is InChI=1S/C21H26ClN3O7/c1-3-31-21-13(10-17(27)32-21)24-20(29)14-7-5-9-25(14)16(26)11-23-19(28)12-6-4-8-15(30-2)18(12)22/h4,6,8,13-14,21H,3,5,7,9-11H2,1-2H3,(H,23,28)(H,24,29)/t13-,14-,21+/m0/s1. The summed E-state index contributed by atoms with van der Waals surface area (Å²) in [5, 5.41) is 5.45. The Kier molecular flexibility index (Phi) is 7.92. The third-order valence-electron chi connectivity index (χ3n) is 5.33. The van der Waals surface area contributed by atoms with Gasteiger partial charge in [-0.1, -0.05) is 17.7 Å². The quantitative estimate of drug-likeness (QED) is 0.543. The van der Waals surface area contributed by atoms with Gasteiger partial charge in [0.1, 0.15) is 17.8 Å². The van der Waals surface area contributed by atoms with E-state index < -0.39 is 36.2 Å². The normalized spacial score (nSPS) is 22.4. The number of esters is 1. The van der Waals surface area contributed by atoms with Crippen molar-refractivity contribution in [1.82, 2.24) is 15.5 Å².